The van der Waals surface area contributed by atoms with Gasteiger partial charge in [0, 0.05) is 0 Å². The minimum Gasteiger partial charge on any atom is -0.207 e. The Morgan fingerprint density at radius 3 is 2.75 bits per heavy atom. The minimum absolute atomic E-state index is 0.0568. The van der Waals surface area contributed by atoms with Crippen molar-refractivity contribution in [3.8, 4) is 0 Å². The van der Waals surface area contributed by atoms with Crippen molar-refractivity contribution in [1.82, 2.24) is 0 Å². The fourth-order valence-electron chi connectivity index (χ4n) is 3.78. The van der Waals surface area contributed by atoms with Crippen molar-refractivity contribution in [2.75, 3.05) is 0 Å². The highest BCUT2D eigenvalue weighted by Crippen LogP contribution is 2.34. The second-order valence-electron chi connectivity index (χ2n) is 6.93. The first-order valence-corrected chi connectivity index (χ1v) is 9.24. The van der Waals surface area contributed by atoms with E-state index < -0.39 is 0 Å². The van der Waals surface area contributed by atoms with Gasteiger partial charge in [0.2, 0.25) is 0 Å². The molecule has 0 bridgehead atoms. The number of hydrogen-bond acceptors (Lipinski definition) is 0. The summed E-state index contributed by atoms with van der Waals surface area (Å²) in [4.78, 5) is 0. The van der Waals surface area contributed by atoms with Crippen LogP contribution < -0.4 is 0 Å². The van der Waals surface area contributed by atoms with Crippen LogP contribution in [0.1, 0.15) is 66.8 Å². The van der Waals surface area contributed by atoms with Crippen LogP contribution in [0.3, 0.4) is 0 Å². The van der Waals surface area contributed by atoms with Crippen molar-refractivity contribution in [2.24, 2.45) is 0 Å². The van der Waals surface area contributed by atoms with Gasteiger partial charge >= 0.3 is 0 Å². The van der Waals surface area contributed by atoms with Gasteiger partial charge in [-0.3, -0.25) is 0 Å². The van der Waals surface area contributed by atoms with E-state index in [9.17, 15) is 4.39 Å². The summed E-state index contributed by atoms with van der Waals surface area (Å²) >= 11 is 0. The SMILES string of the molecule is C/C=C/c1ccc(C2CCc3cc(CCCC)ccc3C2)c(F)c1. The van der Waals surface area contributed by atoms with Crippen molar-refractivity contribution in [2.45, 2.75) is 58.3 Å². The van der Waals surface area contributed by atoms with E-state index >= 15 is 0 Å². The molecule has 0 aliphatic heterocycles. The molecule has 1 aliphatic carbocycles. The first-order chi connectivity index (χ1) is 11.7. The molecule has 24 heavy (non-hydrogen) atoms. The number of rotatable bonds is 5. The van der Waals surface area contributed by atoms with Crippen LogP contribution >= 0.6 is 0 Å². The third kappa shape index (κ3) is 3.77. The number of benzene rings is 2. The van der Waals surface area contributed by atoms with Crippen LogP contribution in [-0.4, -0.2) is 0 Å². The molecule has 1 unspecified atom stereocenters. The highest BCUT2D eigenvalue weighted by molar-refractivity contribution is 5.50. The van der Waals surface area contributed by atoms with Crippen molar-refractivity contribution in [3.63, 3.8) is 0 Å². The molecule has 0 aromatic heterocycles. The summed E-state index contributed by atoms with van der Waals surface area (Å²) in [7, 11) is 0. The number of aryl methyl sites for hydroxylation is 2. The van der Waals surface area contributed by atoms with Gasteiger partial charge in [-0.15, -0.1) is 0 Å². The predicted molar refractivity (Wildman–Crippen MR) is 101 cm³/mol. The number of unbranched alkanes of at least 4 members (excludes halogenated alkanes) is 1. The zero-order chi connectivity index (χ0) is 16.9. The van der Waals surface area contributed by atoms with E-state index in [0.717, 1.165) is 30.4 Å². The molecule has 0 nitrogen and oxygen atoms in total. The first kappa shape index (κ1) is 17.0. The largest absolute Gasteiger partial charge is 0.207 e. The molecular formula is C23H27F. The maximum Gasteiger partial charge on any atom is 0.127 e. The molecule has 0 heterocycles. The minimum atomic E-state index is -0.0568. The van der Waals surface area contributed by atoms with Gasteiger partial charge in [-0.25, -0.2) is 4.39 Å². The molecule has 2 aromatic carbocycles. The lowest BCUT2D eigenvalue weighted by Gasteiger charge is -2.26. The Hall–Kier alpha value is -1.89. The van der Waals surface area contributed by atoms with Crippen LogP contribution in [0.4, 0.5) is 4.39 Å². The Kier molecular flexibility index (Phi) is 5.50. The Morgan fingerprint density at radius 2 is 2.00 bits per heavy atom. The molecule has 3 rings (SSSR count). The van der Waals surface area contributed by atoms with Crippen LogP contribution in [0.5, 0.6) is 0 Å². The van der Waals surface area contributed by atoms with Crippen molar-refractivity contribution < 1.29 is 4.39 Å². The van der Waals surface area contributed by atoms with Gasteiger partial charge in [0.05, 0.1) is 0 Å². The molecule has 0 amide bonds. The number of allylic oxidation sites excluding steroid dienone is 1. The first-order valence-electron chi connectivity index (χ1n) is 9.24. The zero-order valence-corrected chi connectivity index (χ0v) is 14.8. The maximum absolute atomic E-state index is 14.5. The second kappa shape index (κ2) is 7.79. The van der Waals surface area contributed by atoms with Gasteiger partial charge in [-0.1, -0.05) is 55.8 Å². The topological polar surface area (TPSA) is 0 Å². The molecule has 1 aliphatic rings. The van der Waals surface area contributed by atoms with E-state index in [1.807, 2.05) is 31.2 Å². The Morgan fingerprint density at radius 1 is 1.12 bits per heavy atom. The second-order valence-corrected chi connectivity index (χ2v) is 6.93. The summed E-state index contributed by atoms with van der Waals surface area (Å²) in [6.07, 6.45) is 10.6. The summed E-state index contributed by atoms with van der Waals surface area (Å²) in [5.74, 6) is 0.247. The van der Waals surface area contributed by atoms with Gasteiger partial charge < -0.3 is 0 Å². The lowest BCUT2D eigenvalue weighted by molar-refractivity contribution is 0.533. The molecule has 0 radical (unpaired) electrons. The van der Waals surface area contributed by atoms with Crippen LogP contribution in [0.15, 0.2) is 42.5 Å². The maximum atomic E-state index is 14.5. The average Bonchev–Trinajstić information content (AvgIpc) is 2.60. The van der Waals surface area contributed by atoms with Crippen LogP contribution in [-0.2, 0) is 19.3 Å². The molecule has 0 spiro atoms. The highest BCUT2D eigenvalue weighted by Gasteiger charge is 2.22. The van der Waals surface area contributed by atoms with Crippen molar-refractivity contribution in [3.05, 3.63) is 76.1 Å². The summed E-state index contributed by atoms with van der Waals surface area (Å²) in [6, 6.07) is 12.6. The van der Waals surface area contributed by atoms with E-state index in [0.29, 0.717) is 5.92 Å². The highest BCUT2D eigenvalue weighted by atomic mass is 19.1. The van der Waals surface area contributed by atoms with Gasteiger partial charge in [0.15, 0.2) is 0 Å². The van der Waals surface area contributed by atoms with Crippen LogP contribution in [0, 0.1) is 5.82 Å². The lowest BCUT2D eigenvalue weighted by atomic mass is 9.79. The summed E-state index contributed by atoms with van der Waals surface area (Å²) in [6.45, 7) is 4.19. The predicted octanol–water partition coefficient (Wildman–Crippen LogP) is 6.47. The molecule has 0 saturated heterocycles. The molecular weight excluding hydrogens is 295 g/mol. The summed E-state index contributed by atoms with van der Waals surface area (Å²) in [5.41, 5.74) is 6.16. The monoisotopic (exact) mass is 322 g/mol. The summed E-state index contributed by atoms with van der Waals surface area (Å²) in [5, 5.41) is 0. The fraction of sp³-hybridized carbons (Fsp3) is 0.391. The lowest BCUT2D eigenvalue weighted by Crippen LogP contribution is -2.14. The van der Waals surface area contributed by atoms with Gasteiger partial charge in [0.25, 0.3) is 0 Å². The van der Waals surface area contributed by atoms with Gasteiger partial charge in [0.1, 0.15) is 5.82 Å². The van der Waals surface area contributed by atoms with Crippen molar-refractivity contribution >= 4 is 6.08 Å². The van der Waals surface area contributed by atoms with Crippen LogP contribution in [0.25, 0.3) is 6.08 Å². The number of halogens is 1. The number of fused-ring (bicyclic) bond motifs is 1. The van der Waals surface area contributed by atoms with Crippen molar-refractivity contribution in [1.29, 1.82) is 0 Å². The molecule has 126 valence electrons. The number of hydrogen-bond donors (Lipinski definition) is 0. The van der Waals surface area contributed by atoms with E-state index in [1.54, 1.807) is 6.07 Å². The molecule has 0 saturated carbocycles. The third-order valence-electron chi connectivity index (χ3n) is 5.14. The molecule has 1 heteroatoms. The molecule has 0 fully saturated rings. The van der Waals surface area contributed by atoms with E-state index in [4.69, 9.17) is 0 Å². The van der Waals surface area contributed by atoms with Gasteiger partial charge in [-0.05, 0) is 78.8 Å². The average molecular weight is 322 g/mol. The third-order valence-corrected chi connectivity index (χ3v) is 5.14. The van der Waals surface area contributed by atoms with E-state index in [1.165, 1.54) is 36.0 Å². The van der Waals surface area contributed by atoms with E-state index in [-0.39, 0.29) is 5.82 Å². The standard InChI is InChI=1S/C23H27F/c1-3-5-7-18-8-10-20-16-21(12-11-19(20)14-18)22-13-9-17(6-4-2)15-23(22)24/h4,6,8-10,13-15,21H,3,5,7,11-12,16H2,1-2H3/b6-4+. The Labute approximate surface area is 145 Å². The molecule has 2 aromatic rings. The summed E-state index contributed by atoms with van der Waals surface area (Å²) < 4.78 is 14.5. The smallest absolute Gasteiger partial charge is 0.127 e. The molecule has 0 N–H and O–H groups in total. The Bertz CT molecular complexity index is 727. The van der Waals surface area contributed by atoms with E-state index in [2.05, 4.69) is 25.1 Å². The fourth-order valence-corrected chi connectivity index (χ4v) is 3.78. The van der Waals surface area contributed by atoms with Crippen LogP contribution in [0.2, 0.25) is 0 Å². The molecule has 1 atom stereocenters. The quantitative estimate of drug-likeness (QED) is 0.591. The van der Waals surface area contributed by atoms with Gasteiger partial charge in [-0.2, -0.15) is 0 Å². The zero-order valence-electron chi connectivity index (χ0n) is 14.8. The Balaban J connectivity index is 1.77. The normalized spacial score (nSPS) is 17.2.